The number of carboxylic acid groups (broad SMARTS) is 1. The minimum Gasteiger partial charge on any atom is -0.481 e. The van der Waals surface area contributed by atoms with Crippen molar-refractivity contribution >= 4 is 12.0 Å². The number of urea groups is 1. The molecule has 0 aromatic heterocycles. The molecule has 1 aliphatic carbocycles. The lowest BCUT2D eigenvalue weighted by atomic mass is 9.95. The molecule has 2 aliphatic heterocycles. The zero-order valence-corrected chi connectivity index (χ0v) is 12.3. The van der Waals surface area contributed by atoms with Gasteiger partial charge in [-0.25, -0.2) is 4.79 Å². The largest absolute Gasteiger partial charge is 0.481 e. The summed E-state index contributed by atoms with van der Waals surface area (Å²) in [4.78, 5) is 27.1. The quantitative estimate of drug-likeness (QED) is 0.796. The molecule has 3 fully saturated rings. The third-order valence-electron chi connectivity index (χ3n) is 5.34. The van der Waals surface area contributed by atoms with Crippen LogP contribution in [-0.2, 0) is 4.79 Å². The Kier molecular flexibility index (Phi) is 4.06. The SMILES string of the molecule is O=C(O)CC1CCCN(C(=O)N2CC3CCC(O)C3C2)C1. The fourth-order valence-corrected chi connectivity index (χ4v) is 4.25. The number of hydrogen-bond acceptors (Lipinski definition) is 3. The minimum atomic E-state index is -0.784. The molecule has 3 aliphatic rings. The lowest BCUT2D eigenvalue weighted by Gasteiger charge is -2.35. The molecule has 1 saturated carbocycles. The van der Waals surface area contributed by atoms with Gasteiger partial charge in [0.2, 0.25) is 0 Å². The van der Waals surface area contributed by atoms with Crippen molar-refractivity contribution in [1.82, 2.24) is 9.80 Å². The molecular formula is C15H24N2O4. The number of aliphatic carboxylic acids is 1. The van der Waals surface area contributed by atoms with E-state index in [9.17, 15) is 14.7 Å². The number of nitrogens with zero attached hydrogens (tertiary/aromatic N) is 2. The van der Waals surface area contributed by atoms with E-state index in [1.807, 2.05) is 9.80 Å². The van der Waals surface area contributed by atoms with E-state index in [4.69, 9.17) is 5.11 Å². The van der Waals surface area contributed by atoms with E-state index in [0.29, 0.717) is 19.0 Å². The van der Waals surface area contributed by atoms with Gasteiger partial charge >= 0.3 is 12.0 Å². The first-order valence-electron chi connectivity index (χ1n) is 7.98. The van der Waals surface area contributed by atoms with Crippen molar-refractivity contribution < 1.29 is 19.8 Å². The Morgan fingerprint density at radius 1 is 1.05 bits per heavy atom. The first kappa shape index (κ1) is 14.6. The Morgan fingerprint density at radius 3 is 2.57 bits per heavy atom. The highest BCUT2D eigenvalue weighted by molar-refractivity contribution is 5.75. The number of carboxylic acids is 1. The van der Waals surface area contributed by atoms with Crippen molar-refractivity contribution in [1.29, 1.82) is 0 Å². The van der Waals surface area contributed by atoms with Crippen LogP contribution in [0.1, 0.15) is 32.1 Å². The molecular weight excluding hydrogens is 272 g/mol. The van der Waals surface area contributed by atoms with Crippen molar-refractivity contribution in [3.8, 4) is 0 Å². The Bertz CT molecular complexity index is 428. The summed E-state index contributed by atoms with van der Waals surface area (Å²) in [5.41, 5.74) is 0. The molecule has 2 heterocycles. The molecule has 6 heteroatoms. The van der Waals surface area contributed by atoms with Crippen LogP contribution in [0.3, 0.4) is 0 Å². The lowest BCUT2D eigenvalue weighted by molar-refractivity contribution is -0.138. The molecule has 0 bridgehead atoms. The van der Waals surface area contributed by atoms with Gasteiger partial charge in [0, 0.05) is 38.5 Å². The summed E-state index contributed by atoms with van der Waals surface area (Å²) in [6.45, 7) is 2.69. The molecule has 2 amide bonds. The number of fused-ring (bicyclic) bond motifs is 1. The number of hydrogen-bond donors (Lipinski definition) is 2. The number of carbonyl (C=O) groups is 2. The van der Waals surface area contributed by atoms with Crippen LogP contribution < -0.4 is 0 Å². The summed E-state index contributed by atoms with van der Waals surface area (Å²) < 4.78 is 0. The molecule has 3 rings (SSSR count). The normalized spacial score (nSPS) is 35.9. The molecule has 21 heavy (non-hydrogen) atoms. The highest BCUT2D eigenvalue weighted by Gasteiger charge is 2.44. The second-order valence-electron chi connectivity index (χ2n) is 6.81. The summed E-state index contributed by atoms with van der Waals surface area (Å²) in [7, 11) is 0. The summed E-state index contributed by atoms with van der Waals surface area (Å²) >= 11 is 0. The zero-order chi connectivity index (χ0) is 15.0. The van der Waals surface area contributed by atoms with Gasteiger partial charge in [0.05, 0.1) is 6.10 Å². The lowest BCUT2D eigenvalue weighted by Crippen LogP contribution is -2.47. The van der Waals surface area contributed by atoms with Gasteiger partial charge in [0.1, 0.15) is 0 Å². The predicted molar refractivity (Wildman–Crippen MR) is 75.7 cm³/mol. The van der Waals surface area contributed by atoms with E-state index in [-0.39, 0.29) is 30.4 Å². The maximum Gasteiger partial charge on any atom is 0.320 e. The fraction of sp³-hybridized carbons (Fsp3) is 0.867. The number of aliphatic hydroxyl groups is 1. The summed E-state index contributed by atoms with van der Waals surface area (Å²) in [6.07, 6.45) is 3.54. The van der Waals surface area contributed by atoms with Gasteiger partial charge in [-0.1, -0.05) is 0 Å². The highest BCUT2D eigenvalue weighted by Crippen LogP contribution is 2.38. The first-order valence-corrected chi connectivity index (χ1v) is 7.98. The summed E-state index contributed by atoms with van der Waals surface area (Å²) in [5, 5.41) is 18.8. The van der Waals surface area contributed by atoms with Gasteiger partial charge < -0.3 is 20.0 Å². The van der Waals surface area contributed by atoms with Crippen LogP contribution >= 0.6 is 0 Å². The average Bonchev–Trinajstić information content (AvgIpc) is 3.00. The number of likely N-dealkylation sites (tertiary alicyclic amines) is 2. The maximum absolute atomic E-state index is 12.6. The van der Waals surface area contributed by atoms with E-state index in [1.54, 1.807) is 0 Å². The summed E-state index contributed by atoms with van der Waals surface area (Å²) in [5.74, 6) is -0.0156. The zero-order valence-electron chi connectivity index (χ0n) is 12.3. The Balaban J connectivity index is 1.57. The monoisotopic (exact) mass is 296 g/mol. The molecule has 0 spiro atoms. The van der Waals surface area contributed by atoms with E-state index in [1.165, 1.54) is 0 Å². The van der Waals surface area contributed by atoms with Crippen molar-refractivity contribution in [2.45, 2.75) is 38.2 Å². The molecule has 4 atom stereocenters. The van der Waals surface area contributed by atoms with Crippen LogP contribution in [0.5, 0.6) is 0 Å². The maximum atomic E-state index is 12.6. The van der Waals surface area contributed by atoms with Gasteiger partial charge in [-0.3, -0.25) is 4.79 Å². The van der Waals surface area contributed by atoms with Crippen LogP contribution in [0.2, 0.25) is 0 Å². The Morgan fingerprint density at radius 2 is 1.86 bits per heavy atom. The van der Waals surface area contributed by atoms with Crippen LogP contribution in [0.15, 0.2) is 0 Å². The number of piperidine rings is 1. The van der Waals surface area contributed by atoms with E-state index >= 15 is 0 Å². The third-order valence-corrected chi connectivity index (χ3v) is 5.34. The van der Waals surface area contributed by atoms with Gasteiger partial charge in [-0.15, -0.1) is 0 Å². The van der Waals surface area contributed by atoms with Crippen molar-refractivity contribution in [3.63, 3.8) is 0 Å². The first-order chi connectivity index (χ1) is 10.0. The van der Waals surface area contributed by atoms with Gasteiger partial charge in [-0.2, -0.15) is 0 Å². The molecule has 0 aromatic rings. The minimum absolute atomic E-state index is 0.0340. The molecule has 118 valence electrons. The van der Waals surface area contributed by atoms with Crippen LogP contribution in [-0.4, -0.2) is 64.3 Å². The molecule has 2 saturated heterocycles. The second-order valence-corrected chi connectivity index (χ2v) is 6.81. The number of carbonyl (C=O) groups excluding carboxylic acids is 1. The average molecular weight is 296 g/mol. The third kappa shape index (κ3) is 3.00. The number of amides is 2. The molecule has 0 radical (unpaired) electrons. The topological polar surface area (TPSA) is 81.1 Å². The molecule has 0 aromatic carbocycles. The predicted octanol–water partition coefficient (Wildman–Crippen LogP) is 0.996. The van der Waals surface area contributed by atoms with E-state index < -0.39 is 5.97 Å². The van der Waals surface area contributed by atoms with E-state index in [2.05, 4.69) is 0 Å². The van der Waals surface area contributed by atoms with Crippen LogP contribution in [0.4, 0.5) is 4.79 Å². The van der Waals surface area contributed by atoms with E-state index in [0.717, 1.165) is 38.8 Å². The van der Waals surface area contributed by atoms with Crippen LogP contribution in [0.25, 0.3) is 0 Å². The Labute approximate surface area is 124 Å². The standard InChI is InChI=1S/C15H24N2O4/c18-13-4-3-11-8-17(9-12(11)13)15(21)16-5-1-2-10(7-16)6-14(19)20/h10-13,18H,1-9H2,(H,19,20). The second kappa shape index (κ2) is 5.83. The molecule has 6 nitrogen and oxygen atoms in total. The van der Waals surface area contributed by atoms with Crippen molar-refractivity contribution in [2.75, 3.05) is 26.2 Å². The smallest absolute Gasteiger partial charge is 0.320 e. The van der Waals surface area contributed by atoms with Gasteiger partial charge in [-0.05, 0) is 37.5 Å². The number of aliphatic hydroxyl groups excluding tert-OH is 1. The number of rotatable bonds is 2. The van der Waals surface area contributed by atoms with Crippen molar-refractivity contribution in [3.05, 3.63) is 0 Å². The fourth-order valence-electron chi connectivity index (χ4n) is 4.25. The van der Waals surface area contributed by atoms with Crippen LogP contribution in [0, 0.1) is 17.8 Å². The molecule has 2 N–H and O–H groups in total. The summed E-state index contributed by atoms with van der Waals surface area (Å²) in [6, 6.07) is 0.0340. The highest BCUT2D eigenvalue weighted by atomic mass is 16.4. The Hall–Kier alpha value is -1.30. The van der Waals surface area contributed by atoms with Gasteiger partial charge in [0.15, 0.2) is 0 Å². The molecule has 4 unspecified atom stereocenters. The van der Waals surface area contributed by atoms with Gasteiger partial charge in [0.25, 0.3) is 0 Å². The van der Waals surface area contributed by atoms with Crippen molar-refractivity contribution in [2.24, 2.45) is 17.8 Å².